The monoisotopic (exact) mass is 407 g/mol. The van der Waals surface area contributed by atoms with Gasteiger partial charge in [-0.25, -0.2) is 13.2 Å². The average Bonchev–Trinajstić information content (AvgIpc) is 2.99. The Labute approximate surface area is 164 Å². The van der Waals surface area contributed by atoms with E-state index in [2.05, 4.69) is 0 Å². The molecule has 152 valence electrons. The van der Waals surface area contributed by atoms with Crippen LogP contribution in [0.3, 0.4) is 0 Å². The Kier molecular flexibility index (Phi) is 6.07. The van der Waals surface area contributed by atoms with Crippen molar-refractivity contribution in [3.8, 4) is 5.75 Å². The highest BCUT2D eigenvalue weighted by atomic mass is 32.2. The molecule has 0 bridgehead atoms. The van der Waals surface area contributed by atoms with Crippen LogP contribution >= 0.6 is 0 Å². The number of carbonyl (C=O) groups is 1. The Morgan fingerprint density at radius 2 is 2.11 bits per heavy atom. The van der Waals surface area contributed by atoms with E-state index in [4.69, 9.17) is 9.15 Å². The van der Waals surface area contributed by atoms with Crippen molar-refractivity contribution in [3.63, 3.8) is 0 Å². The number of carbonyl (C=O) groups excluding carboxylic acids is 1. The molecule has 0 saturated carbocycles. The lowest BCUT2D eigenvalue weighted by molar-refractivity contribution is -0.135. The molecule has 3 rings (SSSR count). The van der Waals surface area contributed by atoms with Gasteiger partial charge in [0.05, 0.1) is 11.5 Å². The number of fused-ring (bicyclic) bond motifs is 1. The fourth-order valence-electron chi connectivity index (χ4n) is 3.48. The summed E-state index contributed by atoms with van der Waals surface area (Å²) in [6, 6.07) is 6.23. The van der Waals surface area contributed by atoms with Crippen LogP contribution in [0.4, 0.5) is 0 Å². The molecule has 0 N–H and O–H groups in total. The predicted octanol–water partition coefficient (Wildman–Crippen LogP) is 2.30. The van der Waals surface area contributed by atoms with Crippen molar-refractivity contribution in [3.05, 3.63) is 40.2 Å². The van der Waals surface area contributed by atoms with Gasteiger partial charge in [-0.3, -0.25) is 4.79 Å². The largest absolute Gasteiger partial charge is 0.484 e. The molecule has 2 aromatic rings. The molecule has 1 aromatic carbocycles. The zero-order valence-corrected chi connectivity index (χ0v) is 17.0. The van der Waals surface area contributed by atoms with Crippen LogP contribution in [0.2, 0.25) is 0 Å². The van der Waals surface area contributed by atoms with E-state index in [1.807, 2.05) is 13.8 Å². The molecule has 0 aliphatic carbocycles. The van der Waals surface area contributed by atoms with Crippen LogP contribution in [0.1, 0.15) is 31.7 Å². The van der Waals surface area contributed by atoms with Crippen LogP contribution < -0.4 is 10.4 Å². The van der Waals surface area contributed by atoms with Gasteiger partial charge in [-0.1, -0.05) is 13.3 Å². The molecule has 1 amide bonds. The van der Waals surface area contributed by atoms with Crippen molar-refractivity contribution in [1.82, 2.24) is 4.90 Å². The highest BCUT2D eigenvalue weighted by molar-refractivity contribution is 7.91. The molecule has 8 heteroatoms. The van der Waals surface area contributed by atoms with Crippen LogP contribution in [-0.2, 0) is 14.6 Å². The summed E-state index contributed by atoms with van der Waals surface area (Å²) in [5, 5.41) is 0.805. The van der Waals surface area contributed by atoms with Crippen molar-refractivity contribution in [2.75, 3.05) is 24.7 Å². The maximum Gasteiger partial charge on any atom is 0.336 e. The highest BCUT2D eigenvalue weighted by Crippen LogP contribution is 2.23. The SMILES string of the molecule is CCCCN(C(=O)COc1ccc2c(C)cc(=O)oc2c1)[C@@H]1CCS(=O)(=O)C1. The van der Waals surface area contributed by atoms with Crippen LogP contribution in [-0.4, -0.2) is 49.9 Å². The second-order valence-corrected chi connectivity index (χ2v) is 9.42. The first-order valence-electron chi connectivity index (χ1n) is 9.46. The average molecular weight is 407 g/mol. The number of hydrogen-bond donors (Lipinski definition) is 0. The molecule has 7 nitrogen and oxygen atoms in total. The normalized spacial score (nSPS) is 18.3. The van der Waals surface area contributed by atoms with Crippen molar-refractivity contribution in [1.29, 1.82) is 0 Å². The summed E-state index contributed by atoms with van der Waals surface area (Å²) in [6.45, 7) is 4.17. The van der Waals surface area contributed by atoms with Gasteiger partial charge in [-0.05, 0) is 37.5 Å². The lowest BCUT2D eigenvalue weighted by atomic mass is 10.1. The van der Waals surface area contributed by atoms with Crippen LogP contribution in [0, 0.1) is 6.92 Å². The van der Waals surface area contributed by atoms with E-state index in [0.717, 1.165) is 23.8 Å². The van der Waals surface area contributed by atoms with E-state index >= 15 is 0 Å². The van der Waals surface area contributed by atoms with Gasteiger partial charge < -0.3 is 14.1 Å². The van der Waals surface area contributed by atoms with Gasteiger partial charge in [0.15, 0.2) is 16.4 Å². The third kappa shape index (κ3) is 4.73. The van der Waals surface area contributed by atoms with E-state index < -0.39 is 15.5 Å². The Morgan fingerprint density at radius 3 is 2.79 bits per heavy atom. The van der Waals surface area contributed by atoms with E-state index in [9.17, 15) is 18.0 Å². The summed E-state index contributed by atoms with van der Waals surface area (Å²) in [4.78, 5) is 25.9. The molecule has 0 spiro atoms. The molecular formula is C20H25NO6S. The minimum Gasteiger partial charge on any atom is -0.484 e. The molecule has 1 aliphatic rings. The van der Waals surface area contributed by atoms with Crippen molar-refractivity contribution in [2.45, 2.75) is 39.2 Å². The lowest BCUT2D eigenvalue weighted by Crippen LogP contribution is -2.44. The highest BCUT2D eigenvalue weighted by Gasteiger charge is 2.34. The standard InChI is InChI=1S/C20H25NO6S/c1-3-4-8-21(15-7-9-28(24,25)13-15)19(22)12-26-16-5-6-17-14(2)10-20(23)27-18(17)11-16/h5-6,10-11,15H,3-4,7-9,12-13H2,1-2H3/t15-/m1/s1. The topological polar surface area (TPSA) is 93.9 Å². The van der Waals surface area contributed by atoms with Gasteiger partial charge in [0.25, 0.3) is 5.91 Å². The maximum atomic E-state index is 12.7. The summed E-state index contributed by atoms with van der Waals surface area (Å²) in [6.07, 6.45) is 2.19. The lowest BCUT2D eigenvalue weighted by Gasteiger charge is -2.28. The minimum absolute atomic E-state index is 0.0167. The number of amides is 1. The number of unbranched alkanes of at least 4 members (excludes halogenated alkanes) is 1. The van der Waals surface area contributed by atoms with Crippen LogP contribution in [0.25, 0.3) is 11.0 Å². The number of nitrogens with zero attached hydrogens (tertiary/aromatic N) is 1. The zero-order valence-electron chi connectivity index (χ0n) is 16.1. The number of rotatable bonds is 7. The molecule has 28 heavy (non-hydrogen) atoms. The third-order valence-corrected chi connectivity index (χ3v) is 6.76. The fourth-order valence-corrected chi connectivity index (χ4v) is 5.21. The van der Waals surface area contributed by atoms with Gasteiger partial charge >= 0.3 is 5.63 Å². The molecule has 1 aliphatic heterocycles. The predicted molar refractivity (Wildman–Crippen MR) is 106 cm³/mol. The van der Waals surface area contributed by atoms with Crippen molar-refractivity contribution in [2.24, 2.45) is 0 Å². The summed E-state index contributed by atoms with van der Waals surface area (Å²) in [5.41, 5.74) is 0.771. The molecule has 0 unspecified atom stereocenters. The summed E-state index contributed by atoms with van der Waals surface area (Å²) < 4.78 is 34.4. The zero-order chi connectivity index (χ0) is 20.3. The molecule has 0 radical (unpaired) electrons. The van der Waals surface area contributed by atoms with Crippen molar-refractivity contribution < 1.29 is 22.4 Å². The first kappa shape index (κ1) is 20.4. The van der Waals surface area contributed by atoms with E-state index in [1.165, 1.54) is 6.07 Å². The molecule has 1 saturated heterocycles. The van der Waals surface area contributed by atoms with Gasteiger partial charge in [0.2, 0.25) is 0 Å². The smallest absolute Gasteiger partial charge is 0.336 e. The molecule has 1 atom stereocenters. The second kappa shape index (κ2) is 8.34. The van der Waals surface area contributed by atoms with Crippen molar-refractivity contribution >= 4 is 26.7 Å². The summed E-state index contributed by atoms with van der Waals surface area (Å²) in [5.74, 6) is 0.325. The molecule has 2 heterocycles. The first-order chi connectivity index (χ1) is 13.3. The van der Waals surface area contributed by atoms with Crippen LogP contribution in [0.15, 0.2) is 33.5 Å². The Balaban J connectivity index is 1.71. The first-order valence-corrected chi connectivity index (χ1v) is 11.3. The number of sulfone groups is 1. The maximum absolute atomic E-state index is 12.7. The Morgan fingerprint density at radius 1 is 1.32 bits per heavy atom. The third-order valence-electron chi connectivity index (χ3n) is 5.01. The number of aryl methyl sites for hydroxylation is 1. The summed E-state index contributed by atoms with van der Waals surface area (Å²) >= 11 is 0. The molecular weight excluding hydrogens is 382 g/mol. The summed E-state index contributed by atoms with van der Waals surface area (Å²) in [7, 11) is -3.08. The van der Waals surface area contributed by atoms with Gasteiger partial charge in [-0.2, -0.15) is 0 Å². The fraction of sp³-hybridized carbons (Fsp3) is 0.500. The van der Waals surface area contributed by atoms with Gasteiger partial charge in [-0.15, -0.1) is 0 Å². The Hall–Kier alpha value is -2.35. The van der Waals surface area contributed by atoms with E-state index in [1.54, 1.807) is 23.1 Å². The second-order valence-electron chi connectivity index (χ2n) is 7.19. The van der Waals surface area contributed by atoms with E-state index in [0.29, 0.717) is 24.3 Å². The quantitative estimate of drug-likeness (QED) is 0.654. The number of hydrogen-bond acceptors (Lipinski definition) is 6. The minimum atomic E-state index is -3.08. The molecule has 1 aromatic heterocycles. The Bertz CT molecular complexity index is 1030. The molecule has 1 fully saturated rings. The number of ether oxygens (including phenoxy) is 1. The van der Waals surface area contributed by atoms with E-state index in [-0.39, 0.29) is 30.1 Å². The van der Waals surface area contributed by atoms with Crippen LogP contribution in [0.5, 0.6) is 5.75 Å². The van der Waals surface area contributed by atoms with Gasteiger partial charge in [0.1, 0.15) is 11.3 Å². The number of benzene rings is 1. The van der Waals surface area contributed by atoms with Gasteiger partial charge in [0, 0.05) is 30.1 Å².